The van der Waals surface area contributed by atoms with Crippen LogP contribution in [0, 0.1) is 10.1 Å². The molecule has 0 bridgehead atoms. The minimum atomic E-state index is -0.451. The minimum Gasteiger partial charge on any atom is -0.258 e. The summed E-state index contributed by atoms with van der Waals surface area (Å²) in [6.07, 6.45) is 1.56. The highest BCUT2D eigenvalue weighted by Crippen LogP contribution is 2.30. The molecule has 12 heteroatoms. The maximum absolute atomic E-state index is 10.7. The van der Waals surface area contributed by atoms with E-state index in [1.54, 1.807) is 36.5 Å². The van der Waals surface area contributed by atoms with Gasteiger partial charge in [-0.15, -0.1) is 22.8 Å². The molecule has 2 aromatic heterocycles. The standard InChI is InChI=1S/C17H11Cl2N7O2S/c18-11-3-6-14(19)15(7-11)25-17(29)13(8-20-25)16-21-23-24(22-16)9-10-1-4-12(5-2-10)26(27)28/h1-8,29H,9H2. The normalized spacial score (nSPS) is 11.0. The summed E-state index contributed by atoms with van der Waals surface area (Å²) in [6, 6.07) is 11.2. The Morgan fingerprint density at radius 3 is 2.62 bits per heavy atom. The molecular weight excluding hydrogens is 437 g/mol. The van der Waals surface area contributed by atoms with Crippen molar-refractivity contribution >= 4 is 41.5 Å². The van der Waals surface area contributed by atoms with Crippen molar-refractivity contribution in [2.45, 2.75) is 11.6 Å². The van der Waals surface area contributed by atoms with E-state index >= 15 is 0 Å². The van der Waals surface area contributed by atoms with E-state index in [-0.39, 0.29) is 5.69 Å². The second kappa shape index (κ2) is 7.82. The molecule has 0 aliphatic heterocycles. The SMILES string of the molecule is O=[N+]([O-])c1ccc(Cn2nnc(-c3cnn(-c4cc(Cl)ccc4Cl)c3S)n2)cc1. The van der Waals surface area contributed by atoms with Crippen molar-refractivity contribution in [2.75, 3.05) is 0 Å². The summed E-state index contributed by atoms with van der Waals surface area (Å²) in [5.74, 6) is 0.335. The second-order valence-electron chi connectivity index (χ2n) is 5.96. The van der Waals surface area contributed by atoms with E-state index in [1.807, 2.05) is 0 Å². The Hall–Kier alpha value is -2.95. The van der Waals surface area contributed by atoms with E-state index < -0.39 is 4.92 Å². The predicted octanol–water partition coefficient (Wildman–Crippen LogP) is 4.08. The smallest absolute Gasteiger partial charge is 0.258 e. The van der Waals surface area contributed by atoms with E-state index in [9.17, 15) is 10.1 Å². The number of rotatable bonds is 5. The molecule has 146 valence electrons. The summed E-state index contributed by atoms with van der Waals surface area (Å²) >= 11 is 16.8. The molecule has 2 aromatic carbocycles. The molecule has 0 saturated carbocycles. The maximum Gasteiger partial charge on any atom is 0.269 e. The molecule has 0 aliphatic carbocycles. The summed E-state index contributed by atoms with van der Waals surface area (Å²) in [4.78, 5) is 11.7. The molecule has 0 saturated heterocycles. The van der Waals surface area contributed by atoms with Gasteiger partial charge in [0.2, 0.25) is 5.82 Å². The van der Waals surface area contributed by atoms with Gasteiger partial charge >= 0.3 is 0 Å². The van der Waals surface area contributed by atoms with Gasteiger partial charge in [-0.1, -0.05) is 35.3 Å². The lowest BCUT2D eigenvalue weighted by atomic mass is 10.2. The highest BCUT2D eigenvalue weighted by atomic mass is 35.5. The highest BCUT2D eigenvalue weighted by Gasteiger charge is 2.17. The Bertz CT molecular complexity index is 1210. The van der Waals surface area contributed by atoms with Gasteiger partial charge in [0.05, 0.1) is 33.9 Å². The van der Waals surface area contributed by atoms with Gasteiger partial charge < -0.3 is 0 Å². The van der Waals surface area contributed by atoms with Gasteiger partial charge in [-0.25, -0.2) is 4.68 Å². The van der Waals surface area contributed by atoms with E-state index in [4.69, 9.17) is 23.2 Å². The predicted molar refractivity (Wildman–Crippen MR) is 110 cm³/mol. The van der Waals surface area contributed by atoms with Gasteiger partial charge in [0.1, 0.15) is 5.03 Å². The Kier molecular flexibility index (Phi) is 5.22. The third-order valence-electron chi connectivity index (χ3n) is 4.05. The lowest BCUT2D eigenvalue weighted by Crippen LogP contribution is -2.04. The van der Waals surface area contributed by atoms with Crippen molar-refractivity contribution in [1.29, 1.82) is 0 Å². The molecule has 29 heavy (non-hydrogen) atoms. The number of tetrazole rings is 1. The first kappa shape index (κ1) is 19.4. The van der Waals surface area contributed by atoms with Crippen LogP contribution in [-0.2, 0) is 6.54 Å². The zero-order chi connectivity index (χ0) is 20.5. The van der Waals surface area contributed by atoms with Gasteiger partial charge in [-0.3, -0.25) is 10.1 Å². The monoisotopic (exact) mass is 447 g/mol. The largest absolute Gasteiger partial charge is 0.269 e. The Labute approximate surface area is 179 Å². The van der Waals surface area contributed by atoms with Crippen molar-refractivity contribution in [1.82, 2.24) is 30.0 Å². The lowest BCUT2D eigenvalue weighted by molar-refractivity contribution is -0.384. The van der Waals surface area contributed by atoms with E-state index in [1.165, 1.54) is 21.6 Å². The maximum atomic E-state index is 10.7. The molecule has 0 atom stereocenters. The van der Waals surface area contributed by atoms with Crippen molar-refractivity contribution in [3.8, 4) is 17.1 Å². The van der Waals surface area contributed by atoms with Crippen LogP contribution in [0.5, 0.6) is 0 Å². The average Bonchev–Trinajstić information content (AvgIpc) is 3.30. The molecule has 0 fully saturated rings. The second-order valence-corrected chi connectivity index (χ2v) is 7.22. The number of aromatic nitrogens is 6. The number of non-ortho nitro benzene ring substituents is 1. The molecule has 4 aromatic rings. The summed E-state index contributed by atoms with van der Waals surface area (Å²) in [5.41, 5.74) is 1.97. The van der Waals surface area contributed by atoms with Crippen LogP contribution in [0.1, 0.15) is 5.56 Å². The van der Waals surface area contributed by atoms with Crippen LogP contribution in [0.3, 0.4) is 0 Å². The summed E-state index contributed by atoms with van der Waals surface area (Å²) in [5, 5.41) is 28.9. The van der Waals surface area contributed by atoms with E-state index in [0.29, 0.717) is 38.7 Å². The molecule has 4 rings (SSSR count). The summed E-state index contributed by atoms with van der Waals surface area (Å²) < 4.78 is 1.53. The topological polar surface area (TPSA) is 105 Å². The number of hydrogen-bond donors (Lipinski definition) is 1. The third-order valence-corrected chi connectivity index (χ3v) is 5.03. The Morgan fingerprint density at radius 1 is 1.14 bits per heavy atom. The number of benzene rings is 2. The fourth-order valence-electron chi connectivity index (χ4n) is 2.63. The van der Waals surface area contributed by atoms with Gasteiger partial charge in [-0.2, -0.15) is 9.90 Å². The van der Waals surface area contributed by atoms with Gasteiger partial charge in [0.25, 0.3) is 5.69 Å². The number of nitro groups is 1. The quantitative estimate of drug-likeness (QED) is 0.280. The van der Waals surface area contributed by atoms with E-state index in [0.717, 1.165) is 5.56 Å². The average molecular weight is 448 g/mol. The molecule has 0 amide bonds. The van der Waals surface area contributed by atoms with Crippen molar-refractivity contribution in [3.05, 3.63) is 74.4 Å². The first-order valence-electron chi connectivity index (χ1n) is 8.16. The molecular formula is C17H11Cl2N7O2S. The van der Waals surface area contributed by atoms with E-state index in [2.05, 4.69) is 33.1 Å². The fourth-order valence-corrected chi connectivity index (χ4v) is 3.31. The van der Waals surface area contributed by atoms with Crippen LogP contribution in [0.25, 0.3) is 17.1 Å². The number of thiol groups is 1. The number of nitrogens with zero attached hydrogens (tertiary/aromatic N) is 7. The van der Waals surface area contributed by atoms with Gasteiger partial charge in [0, 0.05) is 17.2 Å². The van der Waals surface area contributed by atoms with Crippen LogP contribution >= 0.6 is 35.8 Å². The van der Waals surface area contributed by atoms with Crippen LogP contribution < -0.4 is 0 Å². The molecule has 0 spiro atoms. The lowest BCUT2D eigenvalue weighted by Gasteiger charge is -2.06. The molecule has 0 aliphatic rings. The van der Waals surface area contributed by atoms with Crippen molar-refractivity contribution in [3.63, 3.8) is 0 Å². The fraction of sp³-hybridized carbons (Fsp3) is 0.0588. The van der Waals surface area contributed by atoms with Gasteiger partial charge in [-0.05, 0) is 29.0 Å². The first-order valence-corrected chi connectivity index (χ1v) is 9.36. The van der Waals surface area contributed by atoms with Crippen LogP contribution in [0.2, 0.25) is 10.0 Å². The van der Waals surface area contributed by atoms with Crippen molar-refractivity contribution in [2.24, 2.45) is 0 Å². The molecule has 0 unspecified atom stereocenters. The Balaban J connectivity index is 1.59. The highest BCUT2D eigenvalue weighted by molar-refractivity contribution is 7.80. The van der Waals surface area contributed by atoms with Crippen molar-refractivity contribution < 1.29 is 4.92 Å². The number of nitro benzene ring substituents is 1. The molecule has 0 N–H and O–H groups in total. The minimum absolute atomic E-state index is 0.0211. The summed E-state index contributed by atoms with van der Waals surface area (Å²) in [7, 11) is 0. The van der Waals surface area contributed by atoms with Crippen LogP contribution in [-0.4, -0.2) is 34.9 Å². The Morgan fingerprint density at radius 2 is 1.90 bits per heavy atom. The molecule has 0 radical (unpaired) electrons. The molecule has 2 heterocycles. The third kappa shape index (κ3) is 3.95. The van der Waals surface area contributed by atoms with Crippen LogP contribution in [0.15, 0.2) is 53.7 Å². The zero-order valence-electron chi connectivity index (χ0n) is 14.5. The van der Waals surface area contributed by atoms with Crippen LogP contribution in [0.4, 0.5) is 5.69 Å². The zero-order valence-corrected chi connectivity index (χ0v) is 16.9. The number of hydrogen-bond acceptors (Lipinski definition) is 7. The number of halogens is 2. The first-order chi connectivity index (χ1) is 13.9. The molecule has 9 nitrogen and oxygen atoms in total. The van der Waals surface area contributed by atoms with Gasteiger partial charge in [0.15, 0.2) is 0 Å². The summed E-state index contributed by atoms with van der Waals surface area (Å²) in [6.45, 7) is 0.307.